The molecule has 1 aromatic carbocycles. The second-order valence-corrected chi connectivity index (χ2v) is 5.57. The minimum Gasteiger partial charge on any atom is -0.352 e. The van der Waals surface area contributed by atoms with Crippen LogP contribution in [-0.2, 0) is 17.8 Å². The predicted octanol–water partition coefficient (Wildman–Crippen LogP) is 3.93. The summed E-state index contributed by atoms with van der Waals surface area (Å²) < 4.78 is 0. The van der Waals surface area contributed by atoms with Crippen LogP contribution < -0.4 is 5.32 Å². The van der Waals surface area contributed by atoms with Crippen LogP contribution in [0.2, 0.25) is 0 Å². The zero-order chi connectivity index (χ0) is 13.7. The molecule has 0 radical (unpaired) electrons. The van der Waals surface area contributed by atoms with Crippen molar-refractivity contribution in [2.75, 3.05) is 0 Å². The van der Waals surface area contributed by atoms with Crippen molar-refractivity contribution in [3.8, 4) is 0 Å². The fourth-order valence-corrected chi connectivity index (χ4v) is 3.09. The zero-order valence-electron chi connectivity index (χ0n) is 12.2. The maximum Gasteiger partial charge on any atom is 0.224 e. The third kappa shape index (κ3) is 3.37. The monoisotopic (exact) mass is 259 g/mol. The summed E-state index contributed by atoms with van der Waals surface area (Å²) >= 11 is 0. The zero-order valence-corrected chi connectivity index (χ0v) is 12.2. The van der Waals surface area contributed by atoms with Crippen LogP contribution in [0.15, 0.2) is 18.2 Å². The molecule has 1 heterocycles. The topological polar surface area (TPSA) is 29.1 Å². The molecular weight excluding hydrogens is 234 g/mol. The lowest BCUT2D eigenvalue weighted by Gasteiger charge is -2.25. The second kappa shape index (κ2) is 6.74. The van der Waals surface area contributed by atoms with Crippen LogP contribution in [0.5, 0.6) is 0 Å². The Kier molecular flexibility index (Phi) is 5.00. The number of carbonyl (C=O) groups excluding carboxylic acids is 1. The molecule has 1 aliphatic heterocycles. The molecule has 0 aromatic heterocycles. The summed E-state index contributed by atoms with van der Waals surface area (Å²) in [6.07, 6.45) is 6.79. The van der Waals surface area contributed by atoms with Gasteiger partial charge in [0.15, 0.2) is 0 Å². The fourth-order valence-electron chi connectivity index (χ4n) is 3.09. The highest BCUT2D eigenvalue weighted by atomic mass is 16.1. The van der Waals surface area contributed by atoms with Gasteiger partial charge >= 0.3 is 0 Å². The van der Waals surface area contributed by atoms with Gasteiger partial charge in [0.25, 0.3) is 0 Å². The van der Waals surface area contributed by atoms with E-state index in [0.29, 0.717) is 18.9 Å². The minimum absolute atomic E-state index is 0.172. The summed E-state index contributed by atoms with van der Waals surface area (Å²) in [5.74, 6) is 0.802. The SMILES string of the molecule is CCCCC(CCC)c1cccc2c1CC(=O)NC2. The summed E-state index contributed by atoms with van der Waals surface area (Å²) in [6, 6.07) is 6.55. The van der Waals surface area contributed by atoms with E-state index in [4.69, 9.17) is 0 Å². The van der Waals surface area contributed by atoms with E-state index in [-0.39, 0.29) is 5.91 Å². The van der Waals surface area contributed by atoms with Crippen LogP contribution in [0.4, 0.5) is 0 Å². The molecule has 1 atom stereocenters. The molecule has 1 amide bonds. The molecule has 1 N–H and O–H groups in total. The Morgan fingerprint density at radius 2 is 2.05 bits per heavy atom. The van der Waals surface area contributed by atoms with Crippen molar-refractivity contribution in [1.82, 2.24) is 5.32 Å². The van der Waals surface area contributed by atoms with Gasteiger partial charge in [-0.3, -0.25) is 4.79 Å². The normalized spacial score (nSPS) is 15.8. The number of unbranched alkanes of at least 4 members (excludes halogenated alkanes) is 1. The van der Waals surface area contributed by atoms with Crippen molar-refractivity contribution < 1.29 is 4.79 Å². The van der Waals surface area contributed by atoms with Crippen molar-refractivity contribution in [2.24, 2.45) is 0 Å². The Morgan fingerprint density at radius 3 is 2.79 bits per heavy atom. The average Bonchev–Trinajstić information content (AvgIpc) is 2.43. The Labute approximate surface area is 116 Å². The molecule has 0 saturated carbocycles. The molecule has 2 nitrogen and oxygen atoms in total. The van der Waals surface area contributed by atoms with E-state index in [9.17, 15) is 4.79 Å². The van der Waals surface area contributed by atoms with Crippen LogP contribution in [0.25, 0.3) is 0 Å². The number of rotatable bonds is 6. The van der Waals surface area contributed by atoms with Gasteiger partial charge in [-0.25, -0.2) is 0 Å². The molecular formula is C17H25NO. The fraction of sp³-hybridized carbons (Fsp3) is 0.588. The number of benzene rings is 1. The molecule has 0 spiro atoms. The van der Waals surface area contributed by atoms with E-state index in [2.05, 4.69) is 37.4 Å². The number of carbonyl (C=O) groups is 1. The lowest BCUT2D eigenvalue weighted by atomic mass is 9.83. The maximum absolute atomic E-state index is 11.7. The highest BCUT2D eigenvalue weighted by Gasteiger charge is 2.21. The molecule has 0 fully saturated rings. The summed E-state index contributed by atoms with van der Waals surface area (Å²) in [5, 5.41) is 2.94. The summed E-state index contributed by atoms with van der Waals surface area (Å²) in [4.78, 5) is 11.7. The molecule has 1 unspecified atom stereocenters. The van der Waals surface area contributed by atoms with Gasteiger partial charge in [0.2, 0.25) is 5.91 Å². The highest BCUT2D eigenvalue weighted by Crippen LogP contribution is 2.32. The first-order valence-corrected chi connectivity index (χ1v) is 7.63. The number of nitrogens with one attached hydrogen (secondary N) is 1. The maximum atomic E-state index is 11.7. The van der Waals surface area contributed by atoms with E-state index >= 15 is 0 Å². The average molecular weight is 259 g/mol. The van der Waals surface area contributed by atoms with Crippen molar-refractivity contribution in [3.05, 3.63) is 34.9 Å². The largest absolute Gasteiger partial charge is 0.352 e. The number of amides is 1. The molecule has 19 heavy (non-hydrogen) atoms. The molecule has 2 rings (SSSR count). The minimum atomic E-state index is 0.172. The third-order valence-electron chi connectivity index (χ3n) is 4.11. The number of hydrogen-bond donors (Lipinski definition) is 1. The molecule has 1 aromatic rings. The van der Waals surface area contributed by atoms with Crippen LogP contribution in [0, 0.1) is 0 Å². The third-order valence-corrected chi connectivity index (χ3v) is 4.11. The summed E-state index contributed by atoms with van der Waals surface area (Å²) in [6.45, 7) is 5.20. The van der Waals surface area contributed by atoms with Gasteiger partial charge < -0.3 is 5.32 Å². The van der Waals surface area contributed by atoms with Crippen molar-refractivity contribution in [1.29, 1.82) is 0 Å². The first-order chi connectivity index (χ1) is 9.26. The van der Waals surface area contributed by atoms with Crippen molar-refractivity contribution in [2.45, 2.75) is 64.8 Å². The lowest BCUT2D eigenvalue weighted by molar-refractivity contribution is -0.121. The molecule has 0 bridgehead atoms. The van der Waals surface area contributed by atoms with Gasteiger partial charge in [0.1, 0.15) is 0 Å². The van der Waals surface area contributed by atoms with Crippen LogP contribution in [-0.4, -0.2) is 5.91 Å². The molecule has 2 heteroatoms. The standard InChI is InChI=1S/C17H25NO/c1-3-5-8-13(7-4-2)15-10-6-9-14-12-18-17(19)11-16(14)15/h6,9-10,13H,3-5,7-8,11-12H2,1-2H3,(H,18,19). The number of fused-ring (bicyclic) bond motifs is 1. The van der Waals surface area contributed by atoms with Crippen LogP contribution >= 0.6 is 0 Å². The van der Waals surface area contributed by atoms with Gasteiger partial charge in [-0.2, -0.15) is 0 Å². The van der Waals surface area contributed by atoms with Crippen molar-refractivity contribution in [3.63, 3.8) is 0 Å². The summed E-state index contributed by atoms with van der Waals surface area (Å²) in [5.41, 5.74) is 4.05. The van der Waals surface area contributed by atoms with Crippen LogP contribution in [0.1, 0.15) is 68.6 Å². The summed E-state index contributed by atoms with van der Waals surface area (Å²) in [7, 11) is 0. The van der Waals surface area contributed by atoms with Gasteiger partial charge in [-0.15, -0.1) is 0 Å². The van der Waals surface area contributed by atoms with E-state index < -0.39 is 0 Å². The van der Waals surface area contributed by atoms with E-state index in [1.165, 1.54) is 48.8 Å². The van der Waals surface area contributed by atoms with Gasteiger partial charge in [0, 0.05) is 6.54 Å². The molecule has 104 valence electrons. The second-order valence-electron chi connectivity index (χ2n) is 5.57. The Morgan fingerprint density at radius 1 is 1.21 bits per heavy atom. The number of hydrogen-bond acceptors (Lipinski definition) is 1. The Balaban J connectivity index is 2.28. The van der Waals surface area contributed by atoms with E-state index in [1.54, 1.807) is 0 Å². The van der Waals surface area contributed by atoms with Crippen molar-refractivity contribution >= 4 is 5.91 Å². The predicted molar refractivity (Wildman–Crippen MR) is 79.2 cm³/mol. The smallest absolute Gasteiger partial charge is 0.224 e. The van der Waals surface area contributed by atoms with Crippen LogP contribution in [0.3, 0.4) is 0 Å². The van der Waals surface area contributed by atoms with Gasteiger partial charge in [-0.1, -0.05) is 51.3 Å². The van der Waals surface area contributed by atoms with Gasteiger partial charge in [0.05, 0.1) is 6.42 Å². The molecule has 0 saturated heterocycles. The van der Waals surface area contributed by atoms with Gasteiger partial charge in [-0.05, 0) is 35.4 Å². The Hall–Kier alpha value is -1.31. The lowest BCUT2D eigenvalue weighted by Crippen LogP contribution is -2.31. The quantitative estimate of drug-likeness (QED) is 0.824. The van der Waals surface area contributed by atoms with E-state index in [0.717, 1.165) is 0 Å². The highest BCUT2D eigenvalue weighted by molar-refractivity contribution is 5.81. The molecule has 1 aliphatic rings. The Bertz CT molecular complexity index is 439. The first kappa shape index (κ1) is 14.1. The van der Waals surface area contributed by atoms with E-state index in [1.807, 2.05) is 0 Å². The first-order valence-electron chi connectivity index (χ1n) is 7.63. The molecule has 0 aliphatic carbocycles.